The molecule has 1 N–H and O–H groups in total. The van der Waals surface area contributed by atoms with Gasteiger partial charge in [-0.25, -0.2) is 17.9 Å². The van der Waals surface area contributed by atoms with E-state index in [9.17, 15) is 13.2 Å². The summed E-state index contributed by atoms with van der Waals surface area (Å²) < 4.78 is 33.0. The smallest absolute Gasteiger partial charge is 0.354 e. The number of ether oxygens (including phenoxy) is 1. The predicted molar refractivity (Wildman–Crippen MR) is 71.4 cm³/mol. The molecule has 0 aliphatic rings. The van der Waals surface area contributed by atoms with Crippen molar-refractivity contribution in [3.05, 3.63) is 18.0 Å². The Kier molecular flexibility index (Phi) is 5.13. The first-order chi connectivity index (χ1) is 8.81. The summed E-state index contributed by atoms with van der Waals surface area (Å²) in [6.07, 6.45) is 2.09. The van der Waals surface area contributed by atoms with Crippen molar-refractivity contribution in [2.24, 2.45) is 7.05 Å². The van der Waals surface area contributed by atoms with Gasteiger partial charge in [0.2, 0.25) is 10.0 Å². The Bertz CT molecular complexity index is 548. The second kappa shape index (κ2) is 6.21. The summed E-state index contributed by atoms with van der Waals surface area (Å²) in [7, 11) is -1.99. The molecule has 0 saturated heterocycles. The minimum atomic E-state index is -3.60. The van der Waals surface area contributed by atoms with Gasteiger partial charge in [-0.3, -0.25) is 0 Å². The topological polar surface area (TPSA) is 77.4 Å². The number of nitrogens with zero attached hydrogens (tertiary/aromatic N) is 1. The number of sulfonamides is 1. The third-order valence-electron chi connectivity index (χ3n) is 2.74. The largest absolute Gasteiger partial charge is 0.461 e. The molecule has 6 nitrogen and oxygen atoms in total. The highest BCUT2D eigenvalue weighted by Gasteiger charge is 2.22. The molecule has 1 heterocycles. The van der Waals surface area contributed by atoms with E-state index < -0.39 is 16.0 Å². The van der Waals surface area contributed by atoms with Crippen LogP contribution in [-0.4, -0.2) is 31.6 Å². The number of hydrogen-bond donors (Lipinski definition) is 1. The maximum absolute atomic E-state index is 12.1. The second-order valence-corrected chi connectivity index (χ2v) is 6.04. The van der Waals surface area contributed by atoms with Crippen LogP contribution >= 0.6 is 0 Å². The molecule has 1 aromatic rings. The molecule has 0 aliphatic heterocycles. The van der Waals surface area contributed by atoms with Crippen LogP contribution in [0, 0.1) is 0 Å². The Morgan fingerprint density at radius 2 is 2.11 bits per heavy atom. The Labute approximate surface area is 113 Å². The number of aromatic nitrogens is 1. The Morgan fingerprint density at radius 3 is 2.63 bits per heavy atom. The third kappa shape index (κ3) is 3.81. The van der Waals surface area contributed by atoms with E-state index in [0.717, 1.165) is 0 Å². The number of carbonyl (C=O) groups is 1. The molecule has 0 fully saturated rings. The fourth-order valence-corrected chi connectivity index (χ4v) is 2.90. The van der Waals surface area contributed by atoms with Crippen LogP contribution < -0.4 is 4.72 Å². The number of carbonyl (C=O) groups excluding carboxylic acids is 1. The van der Waals surface area contributed by atoms with E-state index in [0.29, 0.717) is 6.42 Å². The lowest BCUT2D eigenvalue weighted by Gasteiger charge is -2.10. The van der Waals surface area contributed by atoms with Crippen LogP contribution in [0.4, 0.5) is 0 Å². The molecule has 0 aromatic carbocycles. The summed E-state index contributed by atoms with van der Waals surface area (Å²) in [6, 6.07) is 1.17. The highest BCUT2D eigenvalue weighted by atomic mass is 32.2. The van der Waals surface area contributed by atoms with Gasteiger partial charge in [0.15, 0.2) is 0 Å². The minimum absolute atomic E-state index is 0.0679. The lowest BCUT2D eigenvalue weighted by atomic mass is 10.3. The first-order valence-electron chi connectivity index (χ1n) is 6.17. The van der Waals surface area contributed by atoms with Gasteiger partial charge in [-0.2, -0.15) is 0 Å². The van der Waals surface area contributed by atoms with Crippen molar-refractivity contribution in [3.8, 4) is 0 Å². The number of esters is 1. The zero-order valence-electron chi connectivity index (χ0n) is 11.6. The summed E-state index contributed by atoms with van der Waals surface area (Å²) in [6.45, 7) is 5.62. The lowest BCUT2D eigenvalue weighted by Crippen LogP contribution is -2.31. The van der Waals surface area contributed by atoms with Crippen LogP contribution in [-0.2, 0) is 21.8 Å². The quantitative estimate of drug-likeness (QED) is 0.800. The van der Waals surface area contributed by atoms with Gasteiger partial charge in [-0.1, -0.05) is 6.92 Å². The standard InChI is InChI=1S/C12H20N2O4S/c1-5-9(3)13-19(16,17)10-7-11(14(4)8-10)12(15)18-6-2/h7-9,13H,5-6H2,1-4H3. The van der Waals surface area contributed by atoms with Crippen molar-refractivity contribution in [1.82, 2.24) is 9.29 Å². The molecule has 7 heteroatoms. The molecular weight excluding hydrogens is 268 g/mol. The van der Waals surface area contributed by atoms with Crippen LogP contribution in [0.5, 0.6) is 0 Å². The summed E-state index contributed by atoms with van der Waals surface area (Å²) in [4.78, 5) is 11.7. The zero-order chi connectivity index (χ0) is 14.6. The van der Waals surface area contributed by atoms with E-state index >= 15 is 0 Å². The first kappa shape index (κ1) is 15.7. The van der Waals surface area contributed by atoms with Gasteiger partial charge in [0.05, 0.1) is 6.61 Å². The SMILES string of the molecule is CCOC(=O)c1cc(S(=O)(=O)NC(C)CC)cn1C. The molecule has 0 amide bonds. The van der Waals surface area contributed by atoms with Crippen molar-refractivity contribution >= 4 is 16.0 Å². The number of aryl methyl sites for hydroxylation is 1. The maximum atomic E-state index is 12.1. The van der Waals surface area contributed by atoms with Gasteiger partial charge in [-0.05, 0) is 26.3 Å². The Morgan fingerprint density at radius 1 is 1.47 bits per heavy atom. The van der Waals surface area contributed by atoms with Gasteiger partial charge < -0.3 is 9.30 Å². The first-order valence-corrected chi connectivity index (χ1v) is 7.66. The Balaban J connectivity index is 3.03. The van der Waals surface area contributed by atoms with Crippen LogP contribution in [0.3, 0.4) is 0 Å². The van der Waals surface area contributed by atoms with Crippen molar-refractivity contribution in [2.45, 2.75) is 38.1 Å². The average Bonchev–Trinajstić information content (AvgIpc) is 2.72. The van der Waals surface area contributed by atoms with Gasteiger partial charge in [-0.15, -0.1) is 0 Å². The summed E-state index contributed by atoms with van der Waals surface area (Å²) >= 11 is 0. The van der Waals surface area contributed by atoms with E-state index in [-0.39, 0.29) is 23.2 Å². The molecule has 1 atom stereocenters. The lowest BCUT2D eigenvalue weighted by molar-refractivity contribution is 0.0515. The molecule has 108 valence electrons. The highest BCUT2D eigenvalue weighted by molar-refractivity contribution is 7.89. The normalized spacial score (nSPS) is 13.3. The molecule has 0 bridgehead atoms. The summed E-state index contributed by atoms with van der Waals surface area (Å²) in [5.41, 5.74) is 0.214. The van der Waals surface area contributed by atoms with Crippen LogP contribution in [0.1, 0.15) is 37.7 Å². The summed E-state index contributed by atoms with van der Waals surface area (Å²) in [5.74, 6) is -0.532. The molecule has 1 aromatic heterocycles. The number of nitrogens with one attached hydrogen (secondary N) is 1. The third-order valence-corrected chi connectivity index (χ3v) is 4.30. The van der Waals surface area contributed by atoms with Gasteiger partial charge >= 0.3 is 5.97 Å². The number of rotatable bonds is 6. The van der Waals surface area contributed by atoms with Crippen LogP contribution in [0.25, 0.3) is 0 Å². The molecule has 1 unspecified atom stereocenters. The summed E-state index contributed by atoms with van der Waals surface area (Å²) in [5, 5.41) is 0. The average molecular weight is 288 g/mol. The molecule has 0 spiro atoms. The molecule has 0 radical (unpaired) electrons. The van der Waals surface area contributed by atoms with Crippen LogP contribution in [0.15, 0.2) is 17.2 Å². The zero-order valence-corrected chi connectivity index (χ0v) is 12.5. The van der Waals surface area contributed by atoms with Gasteiger partial charge in [0, 0.05) is 19.3 Å². The van der Waals surface area contributed by atoms with Gasteiger partial charge in [0.25, 0.3) is 0 Å². The number of hydrogen-bond acceptors (Lipinski definition) is 4. The second-order valence-electron chi connectivity index (χ2n) is 4.32. The van der Waals surface area contributed by atoms with Crippen molar-refractivity contribution in [2.75, 3.05) is 6.61 Å². The fourth-order valence-electron chi connectivity index (χ4n) is 1.51. The van der Waals surface area contributed by atoms with E-state index in [2.05, 4.69) is 4.72 Å². The molecule has 1 rings (SSSR count). The van der Waals surface area contributed by atoms with Gasteiger partial charge in [0.1, 0.15) is 10.6 Å². The van der Waals surface area contributed by atoms with Crippen molar-refractivity contribution < 1.29 is 17.9 Å². The van der Waals surface area contributed by atoms with E-state index in [1.54, 1.807) is 20.9 Å². The predicted octanol–water partition coefficient (Wildman–Crippen LogP) is 1.28. The maximum Gasteiger partial charge on any atom is 0.354 e. The Hall–Kier alpha value is -1.34. The molecular formula is C12H20N2O4S. The van der Waals surface area contributed by atoms with Crippen LogP contribution in [0.2, 0.25) is 0 Å². The van der Waals surface area contributed by atoms with Crippen molar-refractivity contribution in [3.63, 3.8) is 0 Å². The van der Waals surface area contributed by atoms with E-state index in [1.165, 1.54) is 16.8 Å². The van der Waals surface area contributed by atoms with E-state index in [4.69, 9.17) is 4.74 Å². The minimum Gasteiger partial charge on any atom is -0.461 e. The monoisotopic (exact) mass is 288 g/mol. The molecule has 19 heavy (non-hydrogen) atoms. The van der Waals surface area contributed by atoms with E-state index in [1.807, 2.05) is 6.92 Å². The highest BCUT2D eigenvalue weighted by Crippen LogP contribution is 2.15. The molecule has 0 saturated carbocycles. The van der Waals surface area contributed by atoms with Crippen molar-refractivity contribution in [1.29, 1.82) is 0 Å². The fraction of sp³-hybridized carbons (Fsp3) is 0.583. The molecule has 0 aliphatic carbocycles.